The van der Waals surface area contributed by atoms with Gasteiger partial charge >= 0.3 is 0 Å². The van der Waals surface area contributed by atoms with Gasteiger partial charge in [-0.2, -0.15) is 0 Å². The molecule has 152 valence electrons. The first-order valence-corrected chi connectivity index (χ1v) is 10.2. The SMILES string of the molecule is C1=Cc2ccccc2ON=C1.CN1CCOC(c2ccccc2)c2ccccc2C1. The monoisotopic (exact) mass is 398 g/mol. The van der Waals surface area contributed by atoms with Crippen LogP contribution in [0, 0.1) is 0 Å². The summed E-state index contributed by atoms with van der Waals surface area (Å²) >= 11 is 0. The lowest BCUT2D eigenvalue weighted by Crippen LogP contribution is -2.27. The predicted octanol–water partition coefficient (Wildman–Crippen LogP) is 5.32. The summed E-state index contributed by atoms with van der Waals surface area (Å²) in [6, 6.07) is 26.9. The normalized spacial score (nSPS) is 17.8. The van der Waals surface area contributed by atoms with Gasteiger partial charge in [0.1, 0.15) is 6.10 Å². The molecule has 3 aromatic carbocycles. The van der Waals surface area contributed by atoms with E-state index >= 15 is 0 Å². The highest BCUT2D eigenvalue weighted by atomic mass is 16.6. The molecular weight excluding hydrogens is 372 g/mol. The Hall–Kier alpha value is -3.21. The third-order valence-electron chi connectivity index (χ3n) is 5.13. The van der Waals surface area contributed by atoms with Gasteiger partial charge in [0.25, 0.3) is 0 Å². The highest BCUT2D eigenvalue weighted by Crippen LogP contribution is 2.30. The molecule has 3 aromatic rings. The van der Waals surface area contributed by atoms with Crippen molar-refractivity contribution in [2.24, 2.45) is 5.16 Å². The average Bonchev–Trinajstić information content (AvgIpc) is 3.03. The number of likely N-dealkylation sites (N-methyl/N-ethyl adjacent to an activating group) is 1. The fourth-order valence-electron chi connectivity index (χ4n) is 3.59. The van der Waals surface area contributed by atoms with Crippen LogP contribution in [0.25, 0.3) is 6.08 Å². The first-order chi connectivity index (χ1) is 14.8. The molecule has 0 amide bonds. The van der Waals surface area contributed by atoms with E-state index in [9.17, 15) is 0 Å². The van der Waals surface area contributed by atoms with Crippen LogP contribution in [-0.4, -0.2) is 31.3 Å². The van der Waals surface area contributed by atoms with Crippen LogP contribution in [0.5, 0.6) is 5.75 Å². The standard InChI is InChI=1S/C17H19NO.C9H7NO/c1-18-11-12-19-17(14-7-3-2-4-8-14)16-10-6-5-9-15(16)13-18;1-2-6-9-8(4-1)5-3-7-10-11-9/h2-10,17H,11-13H2,1H3;1-7H. The third kappa shape index (κ3) is 5.03. The Bertz CT molecular complexity index is 1010. The molecule has 0 saturated heterocycles. The lowest BCUT2D eigenvalue weighted by atomic mass is 9.96. The topological polar surface area (TPSA) is 34.1 Å². The predicted molar refractivity (Wildman–Crippen MR) is 122 cm³/mol. The Morgan fingerprint density at radius 3 is 2.57 bits per heavy atom. The van der Waals surface area contributed by atoms with Crippen LogP contribution < -0.4 is 4.84 Å². The summed E-state index contributed by atoms with van der Waals surface area (Å²) in [7, 11) is 2.14. The molecule has 0 radical (unpaired) electrons. The number of ether oxygens (including phenoxy) is 1. The van der Waals surface area contributed by atoms with Crippen molar-refractivity contribution >= 4 is 12.3 Å². The van der Waals surface area contributed by atoms with E-state index in [0.717, 1.165) is 31.0 Å². The highest BCUT2D eigenvalue weighted by molar-refractivity contribution is 5.80. The van der Waals surface area contributed by atoms with E-state index < -0.39 is 0 Å². The van der Waals surface area contributed by atoms with E-state index in [1.165, 1.54) is 16.7 Å². The van der Waals surface area contributed by atoms with Crippen LogP contribution >= 0.6 is 0 Å². The van der Waals surface area contributed by atoms with Crippen LogP contribution in [-0.2, 0) is 11.3 Å². The molecular formula is C26H26N2O2. The second kappa shape index (κ2) is 10.0. The minimum absolute atomic E-state index is 0.0612. The van der Waals surface area contributed by atoms with Crippen molar-refractivity contribution in [1.82, 2.24) is 4.90 Å². The van der Waals surface area contributed by atoms with Crippen LogP contribution in [0.3, 0.4) is 0 Å². The van der Waals surface area contributed by atoms with E-state index in [4.69, 9.17) is 9.57 Å². The number of allylic oxidation sites excluding steroid dienone is 1. The van der Waals surface area contributed by atoms with Gasteiger partial charge in [0.15, 0.2) is 5.75 Å². The molecule has 1 atom stereocenters. The largest absolute Gasteiger partial charge is 0.367 e. The Balaban J connectivity index is 0.000000168. The minimum atomic E-state index is 0.0612. The third-order valence-corrected chi connectivity index (χ3v) is 5.13. The van der Waals surface area contributed by atoms with Crippen LogP contribution in [0.15, 0.2) is 90.1 Å². The maximum atomic E-state index is 6.12. The van der Waals surface area contributed by atoms with Gasteiger partial charge in [0.2, 0.25) is 0 Å². The highest BCUT2D eigenvalue weighted by Gasteiger charge is 2.20. The lowest BCUT2D eigenvalue weighted by molar-refractivity contribution is 0.0554. The number of fused-ring (bicyclic) bond motifs is 2. The summed E-state index contributed by atoms with van der Waals surface area (Å²) in [4.78, 5) is 7.36. The van der Waals surface area contributed by atoms with E-state index in [2.05, 4.69) is 65.6 Å². The van der Waals surface area contributed by atoms with Crippen molar-refractivity contribution in [3.63, 3.8) is 0 Å². The molecule has 4 nitrogen and oxygen atoms in total. The Labute approximate surface area is 178 Å². The first-order valence-electron chi connectivity index (χ1n) is 10.2. The maximum absolute atomic E-state index is 6.12. The molecule has 4 heteroatoms. The van der Waals surface area contributed by atoms with Crippen LogP contribution in [0.1, 0.15) is 28.4 Å². The molecule has 0 saturated carbocycles. The summed E-state index contributed by atoms with van der Waals surface area (Å²) in [5.41, 5.74) is 4.95. The van der Waals surface area contributed by atoms with Gasteiger partial charge in [0, 0.05) is 18.7 Å². The fourth-order valence-corrected chi connectivity index (χ4v) is 3.59. The maximum Gasteiger partial charge on any atom is 0.165 e. The van der Waals surface area contributed by atoms with Crippen LogP contribution in [0.2, 0.25) is 0 Å². The molecule has 0 spiro atoms. The second-order valence-corrected chi connectivity index (χ2v) is 7.34. The Morgan fingerprint density at radius 2 is 1.67 bits per heavy atom. The molecule has 0 aliphatic carbocycles. The van der Waals surface area contributed by atoms with Gasteiger partial charge in [-0.25, -0.2) is 0 Å². The summed E-state index contributed by atoms with van der Waals surface area (Å²) in [5.74, 6) is 0.803. The van der Waals surface area contributed by atoms with E-state index in [1.807, 2.05) is 42.5 Å². The summed E-state index contributed by atoms with van der Waals surface area (Å²) in [5, 5.41) is 3.70. The Morgan fingerprint density at radius 1 is 0.900 bits per heavy atom. The smallest absolute Gasteiger partial charge is 0.165 e. The summed E-state index contributed by atoms with van der Waals surface area (Å²) in [6.07, 6.45) is 5.50. The van der Waals surface area contributed by atoms with Gasteiger partial charge in [-0.1, -0.05) is 78.0 Å². The van der Waals surface area contributed by atoms with Gasteiger partial charge in [-0.05, 0) is 42.0 Å². The molecule has 5 rings (SSSR count). The van der Waals surface area contributed by atoms with Gasteiger partial charge < -0.3 is 9.57 Å². The lowest BCUT2D eigenvalue weighted by Gasteiger charge is -2.28. The first kappa shape index (κ1) is 20.1. The Kier molecular flexibility index (Phi) is 6.70. The average molecular weight is 399 g/mol. The number of rotatable bonds is 1. The zero-order valence-corrected chi connectivity index (χ0v) is 17.1. The van der Waals surface area contributed by atoms with E-state index in [0.29, 0.717) is 0 Å². The molecule has 2 aliphatic rings. The van der Waals surface area contributed by atoms with Crippen molar-refractivity contribution in [3.8, 4) is 5.75 Å². The van der Waals surface area contributed by atoms with Gasteiger partial charge in [-0.3, -0.25) is 4.90 Å². The number of oxime groups is 1. The fraction of sp³-hybridized carbons (Fsp3) is 0.192. The zero-order valence-electron chi connectivity index (χ0n) is 17.1. The van der Waals surface area contributed by atoms with Gasteiger partial charge in [0.05, 0.1) is 12.8 Å². The molecule has 0 bridgehead atoms. The molecule has 30 heavy (non-hydrogen) atoms. The van der Waals surface area contributed by atoms with Crippen LogP contribution in [0.4, 0.5) is 0 Å². The number of benzene rings is 3. The summed E-state index contributed by atoms with van der Waals surface area (Å²) in [6.45, 7) is 2.73. The molecule has 0 fully saturated rings. The quantitative estimate of drug-likeness (QED) is 0.557. The molecule has 0 N–H and O–H groups in total. The molecule has 1 unspecified atom stereocenters. The number of nitrogens with zero attached hydrogens (tertiary/aromatic N) is 2. The van der Waals surface area contributed by atoms with Crippen molar-refractivity contribution in [3.05, 3.63) is 107 Å². The minimum Gasteiger partial charge on any atom is -0.367 e. The zero-order chi connectivity index (χ0) is 20.6. The number of hydrogen-bond acceptors (Lipinski definition) is 4. The van der Waals surface area contributed by atoms with Gasteiger partial charge in [-0.15, -0.1) is 0 Å². The molecule has 2 heterocycles. The van der Waals surface area contributed by atoms with Crippen molar-refractivity contribution in [2.45, 2.75) is 12.6 Å². The summed E-state index contributed by atoms with van der Waals surface area (Å²) < 4.78 is 6.12. The molecule has 0 aromatic heterocycles. The van der Waals surface area contributed by atoms with E-state index in [1.54, 1.807) is 6.21 Å². The number of para-hydroxylation sites is 1. The van der Waals surface area contributed by atoms with E-state index in [-0.39, 0.29) is 6.10 Å². The molecule has 2 aliphatic heterocycles. The van der Waals surface area contributed by atoms with Crippen molar-refractivity contribution in [1.29, 1.82) is 0 Å². The van der Waals surface area contributed by atoms with Crippen molar-refractivity contribution < 1.29 is 9.57 Å². The number of hydrogen-bond donors (Lipinski definition) is 0. The van der Waals surface area contributed by atoms with Crippen molar-refractivity contribution in [2.75, 3.05) is 20.2 Å². The second-order valence-electron chi connectivity index (χ2n) is 7.34.